The summed E-state index contributed by atoms with van der Waals surface area (Å²) in [6.45, 7) is 1.93. The largest absolute Gasteiger partial charge is 0.495 e. The third kappa shape index (κ3) is 4.47. The minimum atomic E-state index is -0.471. The molecule has 0 saturated carbocycles. The summed E-state index contributed by atoms with van der Waals surface area (Å²) in [7, 11) is 1.53. The van der Waals surface area contributed by atoms with Crippen LogP contribution in [-0.4, -0.2) is 13.0 Å². The summed E-state index contributed by atoms with van der Waals surface area (Å²) in [4.78, 5) is 12.4. The Balaban J connectivity index is 2.36. The minimum Gasteiger partial charge on any atom is -0.495 e. The van der Waals surface area contributed by atoms with E-state index in [1.165, 1.54) is 13.2 Å². The van der Waals surface area contributed by atoms with E-state index in [4.69, 9.17) is 4.74 Å². The van der Waals surface area contributed by atoms with Crippen molar-refractivity contribution in [1.82, 2.24) is 0 Å². The number of carbonyl (C=O) groups is 1. The maximum Gasteiger partial charge on any atom is 0.266 e. The Morgan fingerprint density at radius 3 is 2.67 bits per heavy atom. The zero-order valence-corrected chi connectivity index (χ0v) is 16.2. The molecule has 0 atom stereocenters. The number of hydrogen-bond acceptors (Lipinski definition) is 3. The molecule has 0 fully saturated rings. The molecule has 122 valence electrons. The van der Waals surface area contributed by atoms with E-state index in [1.807, 2.05) is 37.3 Å². The van der Waals surface area contributed by atoms with Gasteiger partial charge in [0.05, 0.1) is 11.6 Å². The number of methoxy groups -OCH3 is 1. The monoisotopic (exact) mass is 448 g/mol. The number of benzene rings is 2. The van der Waals surface area contributed by atoms with Gasteiger partial charge in [-0.05, 0) is 58.8 Å². The summed E-state index contributed by atoms with van der Waals surface area (Å²) in [6.07, 6.45) is 1.50. The number of amides is 1. The maximum atomic E-state index is 12.4. The van der Waals surface area contributed by atoms with Crippen molar-refractivity contribution in [1.29, 1.82) is 5.26 Å². The van der Waals surface area contributed by atoms with Gasteiger partial charge < -0.3 is 10.1 Å². The van der Waals surface area contributed by atoms with Crippen molar-refractivity contribution in [2.75, 3.05) is 12.4 Å². The van der Waals surface area contributed by atoms with E-state index in [9.17, 15) is 10.1 Å². The third-order valence-corrected chi connectivity index (χ3v) is 4.23. The van der Waals surface area contributed by atoms with Crippen molar-refractivity contribution in [2.24, 2.45) is 0 Å². The van der Waals surface area contributed by atoms with Crippen molar-refractivity contribution < 1.29 is 9.53 Å². The molecule has 24 heavy (non-hydrogen) atoms. The first-order chi connectivity index (χ1) is 11.4. The molecule has 6 heteroatoms. The number of hydrogen-bond donors (Lipinski definition) is 1. The SMILES string of the molecule is COc1c(Br)cc(Br)cc1/C=C(\C#N)C(=O)Nc1cccc(C)c1. The predicted molar refractivity (Wildman–Crippen MR) is 102 cm³/mol. The van der Waals surface area contributed by atoms with Crippen LogP contribution in [0, 0.1) is 18.3 Å². The van der Waals surface area contributed by atoms with Crippen LogP contribution in [0.4, 0.5) is 5.69 Å². The first kappa shape index (κ1) is 18.2. The fourth-order valence-electron chi connectivity index (χ4n) is 2.13. The third-order valence-electron chi connectivity index (χ3n) is 3.18. The lowest BCUT2D eigenvalue weighted by Gasteiger charge is -2.09. The zero-order valence-electron chi connectivity index (χ0n) is 13.1. The highest BCUT2D eigenvalue weighted by Gasteiger charge is 2.13. The topological polar surface area (TPSA) is 62.1 Å². The number of aryl methyl sites for hydroxylation is 1. The number of nitrogens with zero attached hydrogens (tertiary/aromatic N) is 1. The zero-order chi connectivity index (χ0) is 17.7. The van der Waals surface area contributed by atoms with Crippen LogP contribution >= 0.6 is 31.9 Å². The van der Waals surface area contributed by atoms with E-state index in [0.29, 0.717) is 17.0 Å². The molecule has 0 aromatic heterocycles. The van der Waals surface area contributed by atoms with Gasteiger partial charge in [-0.2, -0.15) is 5.26 Å². The van der Waals surface area contributed by atoms with Gasteiger partial charge >= 0.3 is 0 Å². The normalized spacial score (nSPS) is 10.9. The molecule has 0 heterocycles. The molecule has 2 rings (SSSR count). The van der Waals surface area contributed by atoms with Gasteiger partial charge in [0.2, 0.25) is 0 Å². The number of halogens is 2. The van der Waals surface area contributed by atoms with Gasteiger partial charge in [-0.3, -0.25) is 4.79 Å². The predicted octanol–water partition coefficient (Wildman–Crippen LogP) is 5.07. The van der Waals surface area contributed by atoms with Gasteiger partial charge in [-0.1, -0.05) is 28.1 Å². The molecule has 0 radical (unpaired) electrons. The Bertz CT molecular complexity index is 855. The van der Waals surface area contributed by atoms with Crippen LogP contribution in [0.25, 0.3) is 6.08 Å². The van der Waals surface area contributed by atoms with Gasteiger partial charge in [-0.25, -0.2) is 0 Å². The molecule has 0 aliphatic heterocycles. The van der Waals surface area contributed by atoms with Gasteiger partial charge in [-0.15, -0.1) is 0 Å². The molecule has 2 aromatic carbocycles. The summed E-state index contributed by atoms with van der Waals surface area (Å²) in [6, 6.07) is 12.9. The van der Waals surface area contributed by atoms with Crippen LogP contribution in [0.2, 0.25) is 0 Å². The number of carbonyl (C=O) groups excluding carboxylic acids is 1. The average molecular weight is 450 g/mol. The van der Waals surface area contributed by atoms with Crippen molar-refractivity contribution in [3.8, 4) is 11.8 Å². The first-order valence-electron chi connectivity index (χ1n) is 6.97. The van der Waals surface area contributed by atoms with Gasteiger partial charge in [0.25, 0.3) is 5.91 Å². The van der Waals surface area contributed by atoms with E-state index in [-0.39, 0.29) is 5.57 Å². The molecule has 0 aliphatic rings. The molecule has 0 unspecified atom stereocenters. The number of nitriles is 1. The number of ether oxygens (including phenoxy) is 1. The smallest absolute Gasteiger partial charge is 0.266 e. The van der Waals surface area contributed by atoms with Crippen molar-refractivity contribution in [3.63, 3.8) is 0 Å². The summed E-state index contributed by atoms with van der Waals surface area (Å²) in [5.74, 6) is 0.0792. The standard InChI is InChI=1S/C18H14Br2N2O2/c1-11-4-3-5-15(6-11)22-18(23)13(10-21)7-12-8-14(19)9-16(20)17(12)24-2/h3-9H,1-2H3,(H,22,23)/b13-7+. The molecule has 0 saturated heterocycles. The van der Waals surface area contributed by atoms with E-state index in [1.54, 1.807) is 12.1 Å². The molecule has 4 nitrogen and oxygen atoms in total. The molecule has 1 N–H and O–H groups in total. The highest BCUT2D eigenvalue weighted by Crippen LogP contribution is 2.34. The van der Waals surface area contributed by atoms with E-state index in [2.05, 4.69) is 37.2 Å². The van der Waals surface area contributed by atoms with Crippen LogP contribution in [-0.2, 0) is 4.79 Å². The second-order valence-corrected chi connectivity index (χ2v) is 6.77. The van der Waals surface area contributed by atoms with Crippen LogP contribution in [0.3, 0.4) is 0 Å². The average Bonchev–Trinajstić information content (AvgIpc) is 2.52. The van der Waals surface area contributed by atoms with Crippen molar-refractivity contribution in [2.45, 2.75) is 6.92 Å². The van der Waals surface area contributed by atoms with Gasteiger partial charge in [0.15, 0.2) is 0 Å². The fourth-order valence-corrected chi connectivity index (χ4v) is 3.55. The summed E-state index contributed by atoms with van der Waals surface area (Å²) >= 11 is 6.79. The lowest BCUT2D eigenvalue weighted by atomic mass is 10.1. The van der Waals surface area contributed by atoms with Crippen LogP contribution in [0.1, 0.15) is 11.1 Å². The first-order valence-corrected chi connectivity index (χ1v) is 8.56. The van der Waals surface area contributed by atoms with Crippen LogP contribution in [0.5, 0.6) is 5.75 Å². The molecule has 0 bridgehead atoms. The number of nitrogens with one attached hydrogen (secondary N) is 1. The Morgan fingerprint density at radius 1 is 1.29 bits per heavy atom. The number of anilines is 1. The summed E-state index contributed by atoms with van der Waals surface area (Å²) in [5, 5.41) is 12.1. The second-order valence-electron chi connectivity index (χ2n) is 5.00. The minimum absolute atomic E-state index is 0.0141. The molecule has 2 aromatic rings. The lowest BCUT2D eigenvalue weighted by molar-refractivity contribution is -0.112. The number of rotatable bonds is 4. The Morgan fingerprint density at radius 2 is 2.04 bits per heavy atom. The van der Waals surface area contributed by atoms with Crippen molar-refractivity contribution in [3.05, 3.63) is 62.0 Å². The van der Waals surface area contributed by atoms with Crippen LogP contribution < -0.4 is 10.1 Å². The maximum absolute atomic E-state index is 12.4. The van der Waals surface area contributed by atoms with Gasteiger partial charge in [0.1, 0.15) is 17.4 Å². The lowest BCUT2D eigenvalue weighted by Crippen LogP contribution is -2.13. The molecule has 0 spiro atoms. The molecule has 0 aliphatic carbocycles. The summed E-state index contributed by atoms with van der Waals surface area (Å²) < 4.78 is 6.86. The highest BCUT2D eigenvalue weighted by atomic mass is 79.9. The van der Waals surface area contributed by atoms with E-state index < -0.39 is 5.91 Å². The Labute approximate surface area is 157 Å². The molecule has 1 amide bonds. The van der Waals surface area contributed by atoms with E-state index in [0.717, 1.165) is 14.5 Å². The quantitative estimate of drug-likeness (QED) is 0.523. The highest BCUT2D eigenvalue weighted by molar-refractivity contribution is 9.11. The van der Waals surface area contributed by atoms with Crippen molar-refractivity contribution >= 4 is 49.5 Å². The Hall–Kier alpha value is -2.10. The molecular weight excluding hydrogens is 436 g/mol. The fraction of sp³-hybridized carbons (Fsp3) is 0.111. The molecular formula is C18H14Br2N2O2. The van der Waals surface area contributed by atoms with E-state index >= 15 is 0 Å². The van der Waals surface area contributed by atoms with Gasteiger partial charge in [0, 0.05) is 15.7 Å². The Kier molecular flexibility index (Phi) is 6.18. The van der Waals surface area contributed by atoms with Crippen LogP contribution in [0.15, 0.2) is 50.9 Å². The second kappa shape index (κ2) is 8.13. The summed E-state index contributed by atoms with van der Waals surface area (Å²) in [5.41, 5.74) is 2.27.